The predicted molar refractivity (Wildman–Crippen MR) is 99.5 cm³/mol. The van der Waals surface area contributed by atoms with Crippen LogP contribution in [0.1, 0.15) is 15.6 Å². The average Bonchev–Trinajstić information content (AvgIpc) is 3.21. The van der Waals surface area contributed by atoms with Gasteiger partial charge in [-0.3, -0.25) is 4.79 Å². The molecule has 0 fully saturated rings. The van der Waals surface area contributed by atoms with E-state index in [2.05, 4.69) is 20.5 Å². The maximum absolute atomic E-state index is 11.9. The molecule has 1 N–H and O–H groups in total. The zero-order valence-electron chi connectivity index (χ0n) is 13.3. The van der Waals surface area contributed by atoms with Gasteiger partial charge in [0.2, 0.25) is 5.91 Å². The van der Waals surface area contributed by atoms with E-state index < -0.39 is 0 Å². The van der Waals surface area contributed by atoms with Crippen molar-refractivity contribution >= 4 is 40.3 Å². The average molecular weight is 377 g/mol. The first-order valence-electron chi connectivity index (χ1n) is 7.32. The number of thioether (sulfide) groups is 1. The van der Waals surface area contributed by atoms with E-state index in [0.717, 1.165) is 31.2 Å². The van der Waals surface area contributed by atoms with Gasteiger partial charge in [0.25, 0.3) is 0 Å². The standard InChI is InChI=1S/C16H16N4OS3/c1-10-16(24-11(2)18-10)13-5-6-15(20-19-13)23-9-14(21)17-8-12-4-3-7-22-12/h3-7H,8-9H2,1-2H3,(H,17,21). The fourth-order valence-electron chi connectivity index (χ4n) is 2.08. The normalized spacial score (nSPS) is 10.8. The lowest BCUT2D eigenvalue weighted by atomic mass is 10.3. The van der Waals surface area contributed by atoms with Gasteiger partial charge in [-0.05, 0) is 37.4 Å². The minimum absolute atomic E-state index is 0.00629. The van der Waals surface area contributed by atoms with Crippen molar-refractivity contribution < 1.29 is 4.79 Å². The lowest BCUT2D eigenvalue weighted by Crippen LogP contribution is -2.24. The van der Waals surface area contributed by atoms with Crippen LogP contribution in [0.3, 0.4) is 0 Å². The van der Waals surface area contributed by atoms with Crippen LogP contribution in [0.5, 0.6) is 0 Å². The van der Waals surface area contributed by atoms with Crippen molar-refractivity contribution in [3.63, 3.8) is 0 Å². The summed E-state index contributed by atoms with van der Waals surface area (Å²) in [6, 6.07) is 7.81. The van der Waals surface area contributed by atoms with Crippen LogP contribution in [0, 0.1) is 13.8 Å². The van der Waals surface area contributed by atoms with Gasteiger partial charge in [-0.2, -0.15) is 0 Å². The third kappa shape index (κ3) is 4.40. The fourth-order valence-corrected chi connectivity index (χ4v) is 4.25. The smallest absolute Gasteiger partial charge is 0.230 e. The summed E-state index contributed by atoms with van der Waals surface area (Å²) in [6.07, 6.45) is 0. The monoisotopic (exact) mass is 376 g/mol. The maximum Gasteiger partial charge on any atom is 0.230 e. The lowest BCUT2D eigenvalue weighted by Gasteiger charge is -2.03. The minimum atomic E-state index is -0.00629. The summed E-state index contributed by atoms with van der Waals surface area (Å²) in [5.41, 5.74) is 1.80. The second-order valence-electron chi connectivity index (χ2n) is 5.05. The molecule has 0 atom stereocenters. The van der Waals surface area contributed by atoms with Crippen LogP contribution in [0.15, 0.2) is 34.7 Å². The summed E-state index contributed by atoms with van der Waals surface area (Å²) in [6.45, 7) is 4.53. The van der Waals surface area contributed by atoms with Crippen molar-refractivity contribution in [2.75, 3.05) is 5.75 Å². The molecule has 0 unspecified atom stereocenters. The van der Waals surface area contributed by atoms with Crippen LogP contribution in [0.2, 0.25) is 0 Å². The Bertz CT molecular complexity index is 812. The molecule has 1 amide bonds. The summed E-state index contributed by atoms with van der Waals surface area (Å²) in [5.74, 6) is 0.325. The minimum Gasteiger partial charge on any atom is -0.350 e. The van der Waals surface area contributed by atoms with Crippen LogP contribution in [0.25, 0.3) is 10.6 Å². The van der Waals surface area contributed by atoms with Gasteiger partial charge in [-0.15, -0.1) is 32.9 Å². The number of rotatable bonds is 6. The first-order valence-corrected chi connectivity index (χ1v) is 10.00. The highest BCUT2D eigenvalue weighted by Crippen LogP contribution is 2.28. The molecule has 5 nitrogen and oxygen atoms in total. The summed E-state index contributed by atoms with van der Waals surface area (Å²) < 4.78 is 0. The highest BCUT2D eigenvalue weighted by molar-refractivity contribution is 7.99. The number of nitrogens with one attached hydrogen (secondary N) is 1. The van der Waals surface area contributed by atoms with E-state index in [0.29, 0.717) is 12.3 Å². The number of hydrogen-bond donors (Lipinski definition) is 1. The van der Waals surface area contributed by atoms with Gasteiger partial charge < -0.3 is 5.32 Å². The Hall–Kier alpha value is -1.77. The molecule has 3 rings (SSSR count). The van der Waals surface area contributed by atoms with Gasteiger partial charge in [0, 0.05) is 4.88 Å². The molecule has 0 aromatic carbocycles. The lowest BCUT2D eigenvalue weighted by molar-refractivity contribution is -0.118. The molecule has 0 aliphatic rings. The Morgan fingerprint density at radius 1 is 1.25 bits per heavy atom. The van der Waals surface area contributed by atoms with E-state index in [1.165, 1.54) is 11.8 Å². The molecule has 124 valence electrons. The third-order valence-electron chi connectivity index (χ3n) is 3.17. The summed E-state index contributed by atoms with van der Waals surface area (Å²) in [5, 5.41) is 15.1. The molecule has 3 aromatic rings. The molecule has 3 heterocycles. The van der Waals surface area contributed by atoms with Gasteiger partial charge in [-0.25, -0.2) is 4.98 Å². The third-order valence-corrected chi connectivity index (χ3v) is 6.06. The quantitative estimate of drug-likeness (QED) is 0.665. The topological polar surface area (TPSA) is 67.8 Å². The molecule has 0 saturated carbocycles. The van der Waals surface area contributed by atoms with Crippen LogP contribution >= 0.6 is 34.4 Å². The van der Waals surface area contributed by atoms with Crippen LogP contribution in [0.4, 0.5) is 0 Å². The van der Waals surface area contributed by atoms with Crippen molar-refractivity contribution in [3.8, 4) is 10.6 Å². The van der Waals surface area contributed by atoms with Crippen molar-refractivity contribution in [2.24, 2.45) is 0 Å². The Morgan fingerprint density at radius 2 is 2.12 bits per heavy atom. The van der Waals surface area contributed by atoms with E-state index in [9.17, 15) is 4.79 Å². The zero-order valence-corrected chi connectivity index (χ0v) is 15.7. The number of carbonyl (C=O) groups excluding carboxylic acids is 1. The van der Waals surface area contributed by atoms with Gasteiger partial charge in [0.1, 0.15) is 10.7 Å². The molecule has 0 radical (unpaired) electrons. The number of hydrogen-bond acceptors (Lipinski definition) is 7. The molecule has 0 saturated heterocycles. The molecular weight excluding hydrogens is 360 g/mol. The second kappa shape index (κ2) is 7.87. The van der Waals surface area contributed by atoms with E-state index in [1.54, 1.807) is 22.7 Å². The summed E-state index contributed by atoms with van der Waals surface area (Å²) in [4.78, 5) is 18.5. The maximum atomic E-state index is 11.9. The zero-order chi connectivity index (χ0) is 16.9. The van der Waals surface area contributed by atoms with Gasteiger partial charge >= 0.3 is 0 Å². The number of thiophene rings is 1. The highest BCUT2D eigenvalue weighted by atomic mass is 32.2. The van der Waals surface area contributed by atoms with Crippen LogP contribution < -0.4 is 5.32 Å². The van der Waals surface area contributed by atoms with Gasteiger partial charge in [-0.1, -0.05) is 17.8 Å². The van der Waals surface area contributed by atoms with Gasteiger partial charge in [0.15, 0.2) is 0 Å². The fraction of sp³-hybridized carbons (Fsp3) is 0.250. The van der Waals surface area contributed by atoms with E-state index in [-0.39, 0.29) is 5.91 Å². The second-order valence-corrected chi connectivity index (χ2v) is 8.28. The Kier molecular flexibility index (Phi) is 5.60. The number of nitrogens with zero attached hydrogens (tertiary/aromatic N) is 3. The molecule has 0 aliphatic carbocycles. The largest absolute Gasteiger partial charge is 0.350 e. The first kappa shape index (κ1) is 17.1. The number of thiazole rings is 1. The van der Waals surface area contributed by atoms with Gasteiger partial charge in [0.05, 0.1) is 27.9 Å². The Balaban J connectivity index is 1.52. The molecule has 0 spiro atoms. The molecule has 0 bridgehead atoms. The van der Waals surface area contributed by atoms with E-state index >= 15 is 0 Å². The molecule has 24 heavy (non-hydrogen) atoms. The number of carbonyl (C=O) groups is 1. The van der Waals surface area contributed by atoms with E-state index in [4.69, 9.17) is 0 Å². The molecule has 8 heteroatoms. The Labute approximate surface area is 152 Å². The first-order chi connectivity index (χ1) is 11.6. The van der Waals surface area contributed by atoms with Crippen molar-refractivity contribution in [3.05, 3.63) is 45.2 Å². The van der Waals surface area contributed by atoms with Crippen molar-refractivity contribution in [1.82, 2.24) is 20.5 Å². The van der Waals surface area contributed by atoms with Crippen molar-refractivity contribution in [2.45, 2.75) is 25.4 Å². The highest BCUT2D eigenvalue weighted by Gasteiger charge is 2.10. The summed E-state index contributed by atoms with van der Waals surface area (Å²) in [7, 11) is 0. The van der Waals surface area contributed by atoms with E-state index in [1.807, 2.05) is 43.5 Å². The van der Waals surface area contributed by atoms with Crippen molar-refractivity contribution in [1.29, 1.82) is 0 Å². The molecule has 0 aliphatic heterocycles. The molecule has 3 aromatic heterocycles. The molecular formula is C16H16N4OS3. The van der Waals surface area contributed by atoms with Crippen LogP contribution in [-0.2, 0) is 11.3 Å². The predicted octanol–water partition coefficient (Wildman–Crippen LogP) is 3.69. The Morgan fingerprint density at radius 3 is 2.75 bits per heavy atom. The number of aryl methyl sites for hydroxylation is 2. The summed E-state index contributed by atoms with van der Waals surface area (Å²) >= 11 is 4.63. The van der Waals surface area contributed by atoms with Crippen LogP contribution in [-0.4, -0.2) is 26.8 Å². The number of amides is 1. The number of aromatic nitrogens is 3. The SMILES string of the molecule is Cc1nc(C)c(-c2ccc(SCC(=O)NCc3cccs3)nn2)s1.